The van der Waals surface area contributed by atoms with E-state index in [2.05, 4.69) is 13.8 Å². The Morgan fingerprint density at radius 2 is 2.00 bits per heavy atom. The van der Waals surface area contributed by atoms with Gasteiger partial charge >= 0.3 is 23.1 Å². The summed E-state index contributed by atoms with van der Waals surface area (Å²) in [6.07, 6.45) is 4.92. The van der Waals surface area contributed by atoms with E-state index in [4.69, 9.17) is 0 Å². The van der Waals surface area contributed by atoms with Crippen molar-refractivity contribution in [3.8, 4) is 0 Å². The van der Waals surface area contributed by atoms with E-state index in [1.54, 1.807) is 6.08 Å². The van der Waals surface area contributed by atoms with Gasteiger partial charge in [-0.05, 0) is 0 Å². The Bertz CT molecular complexity index is 35.1. The minimum atomic E-state index is 0. The van der Waals surface area contributed by atoms with E-state index in [0.29, 0.717) is 0 Å². The van der Waals surface area contributed by atoms with Crippen LogP contribution in [0.1, 0.15) is 13.3 Å². The molecule has 0 aromatic carbocycles. The molecule has 0 radical (unpaired) electrons. The normalized spacial score (nSPS) is 7.00. The largest absolute Gasteiger partial charge is 2.00 e. The van der Waals surface area contributed by atoms with Crippen LogP contribution in [0.25, 0.3) is 0 Å². The molecule has 7 heavy (non-hydrogen) atoms. The summed E-state index contributed by atoms with van der Waals surface area (Å²) in [5.41, 5.74) is 0. The minimum absolute atomic E-state index is 0. The third-order valence-corrected chi connectivity index (χ3v) is 0.402. The summed E-state index contributed by atoms with van der Waals surface area (Å²) in [7, 11) is 0. The molecule has 0 aromatic rings. The third kappa shape index (κ3) is 20.4. The maximum atomic E-state index is 3.49. The Labute approximate surface area is 67.9 Å². The van der Waals surface area contributed by atoms with Crippen molar-refractivity contribution in [2.45, 2.75) is 13.3 Å². The van der Waals surface area contributed by atoms with Crippen LogP contribution in [0.3, 0.4) is 0 Å². The smallest absolute Gasteiger partial charge is 1.00 e. The van der Waals surface area contributed by atoms with Crippen LogP contribution < -0.4 is 12.4 Å². The fourth-order valence-corrected chi connectivity index (χ4v) is 0.167. The zero-order valence-electron chi connectivity index (χ0n) is 4.65. The average Bonchev–Trinajstić information content (AvgIpc) is 1.41. The van der Waals surface area contributed by atoms with Gasteiger partial charge in [-0.15, -0.1) is 6.42 Å². The molecule has 0 aliphatic heterocycles. The summed E-state index contributed by atoms with van der Waals surface area (Å²) < 4.78 is 0. The molecule has 0 amide bonds. The fourth-order valence-electron chi connectivity index (χ4n) is 0.167. The predicted molar refractivity (Wildman–Crippen MR) is 30.5 cm³/mol. The summed E-state index contributed by atoms with van der Waals surface area (Å²) >= 11 is 0. The van der Waals surface area contributed by atoms with Crippen LogP contribution in [0, 0.1) is 6.92 Å². The summed E-state index contributed by atoms with van der Waals surface area (Å²) in [6, 6.07) is 0. The molecule has 0 aromatic heterocycles. The zero-order valence-corrected chi connectivity index (χ0v) is 6.82. The minimum Gasteiger partial charge on any atom is -1.00 e. The van der Waals surface area contributed by atoms with Crippen LogP contribution >= 0.6 is 0 Å². The number of halogens is 1. The van der Waals surface area contributed by atoms with Crippen molar-refractivity contribution in [3.63, 3.8) is 0 Å². The van der Waals surface area contributed by atoms with E-state index < -0.39 is 0 Å². The first-order valence-electron chi connectivity index (χ1n) is 1.86. The first-order chi connectivity index (χ1) is 2.41. The van der Waals surface area contributed by atoms with Gasteiger partial charge in [-0.25, -0.2) is 19.1 Å². The van der Waals surface area contributed by atoms with Gasteiger partial charge in [0.25, 0.3) is 0 Å². The van der Waals surface area contributed by atoms with Gasteiger partial charge < -0.3 is 12.4 Å². The molecule has 38 valence electrons. The topological polar surface area (TPSA) is 0 Å². The maximum absolute atomic E-state index is 3.49. The number of hydrogen-bond acceptors (Lipinski definition) is 0. The molecule has 0 rings (SSSR count). The Balaban J connectivity index is -0.0000000800. The second-order valence-corrected chi connectivity index (χ2v) is 0.880. The van der Waals surface area contributed by atoms with Crippen LogP contribution in [0.5, 0.6) is 0 Å². The van der Waals surface area contributed by atoms with E-state index >= 15 is 0 Å². The van der Waals surface area contributed by atoms with Crippen LogP contribution in [0.4, 0.5) is 0 Å². The van der Waals surface area contributed by atoms with Gasteiger partial charge in [0.1, 0.15) is 0 Å². The molecule has 0 fully saturated rings. The van der Waals surface area contributed by atoms with Crippen LogP contribution in [-0.2, 0) is 0 Å². The number of allylic oxidation sites excluding steroid dienone is 2. The van der Waals surface area contributed by atoms with Crippen molar-refractivity contribution >= 4 is 23.1 Å². The Hall–Kier alpha value is 0.666. The first kappa shape index (κ1) is 15.6. The standard InChI is InChI=1S/C5H9.ClH.Mg/c1-3-5-4-2;;/h3,5H,1,4H2,2H3;1H;/q-1;;+2/p-1. The van der Waals surface area contributed by atoms with Crippen molar-refractivity contribution < 1.29 is 12.4 Å². The SMILES string of the molecule is [CH2-]C=CCC.[Cl-].[Mg+2]. The van der Waals surface area contributed by atoms with Crippen LogP contribution in [0.2, 0.25) is 0 Å². The molecular formula is C5H9ClMg. The van der Waals surface area contributed by atoms with Crippen molar-refractivity contribution in [1.82, 2.24) is 0 Å². The summed E-state index contributed by atoms with van der Waals surface area (Å²) in [4.78, 5) is 0. The van der Waals surface area contributed by atoms with E-state index in [0.717, 1.165) is 6.42 Å². The third-order valence-electron chi connectivity index (χ3n) is 0.402. The average molecular weight is 129 g/mol. The fraction of sp³-hybridized carbons (Fsp3) is 0.400. The van der Waals surface area contributed by atoms with E-state index in [-0.39, 0.29) is 35.5 Å². The molecule has 0 saturated carbocycles. The van der Waals surface area contributed by atoms with Gasteiger partial charge in [-0.1, -0.05) is 6.92 Å². The molecule has 2 heteroatoms. The predicted octanol–water partition coefficient (Wildman–Crippen LogP) is -1.59. The van der Waals surface area contributed by atoms with Gasteiger partial charge in [0.15, 0.2) is 0 Å². The summed E-state index contributed by atoms with van der Waals surface area (Å²) in [5.74, 6) is 0. The van der Waals surface area contributed by atoms with Crippen molar-refractivity contribution in [2.75, 3.05) is 0 Å². The van der Waals surface area contributed by atoms with Crippen LogP contribution in [0.15, 0.2) is 12.2 Å². The molecule has 0 nitrogen and oxygen atoms in total. The Morgan fingerprint density at radius 3 is 2.00 bits per heavy atom. The second-order valence-electron chi connectivity index (χ2n) is 0.880. The van der Waals surface area contributed by atoms with Gasteiger partial charge in [0, 0.05) is 0 Å². The molecule has 0 aliphatic rings. The first-order valence-corrected chi connectivity index (χ1v) is 1.86. The van der Waals surface area contributed by atoms with Crippen LogP contribution in [-0.4, -0.2) is 23.1 Å². The zero-order chi connectivity index (χ0) is 4.12. The molecule has 0 saturated heterocycles. The van der Waals surface area contributed by atoms with Crippen molar-refractivity contribution in [2.24, 2.45) is 0 Å². The quantitative estimate of drug-likeness (QED) is 0.295. The number of hydrogen-bond donors (Lipinski definition) is 0. The molecular weight excluding hydrogens is 120 g/mol. The summed E-state index contributed by atoms with van der Waals surface area (Å²) in [5, 5.41) is 0. The Morgan fingerprint density at radius 1 is 1.57 bits per heavy atom. The van der Waals surface area contributed by atoms with Gasteiger partial charge in [0.05, 0.1) is 0 Å². The molecule has 0 unspecified atom stereocenters. The van der Waals surface area contributed by atoms with Gasteiger partial charge in [-0.2, -0.15) is 0 Å². The van der Waals surface area contributed by atoms with Crippen molar-refractivity contribution in [1.29, 1.82) is 0 Å². The number of rotatable bonds is 1. The van der Waals surface area contributed by atoms with Crippen molar-refractivity contribution in [3.05, 3.63) is 19.1 Å². The van der Waals surface area contributed by atoms with E-state index in [9.17, 15) is 0 Å². The monoisotopic (exact) mass is 128 g/mol. The molecule has 0 N–H and O–H groups in total. The molecule has 0 bridgehead atoms. The molecule has 0 spiro atoms. The molecule has 0 heterocycles. The summed E-state index contributed by atoms with van der Waals surface area (Å²) in [6.45, 7) is 5.58. The molecule has 0 atom stereocenters. The van der Waals surface area contributed by atoms with Gasteiger partial charge in [0.2, 0.25) is 0 Å². The van der Waals surface area contributed by atoms with E-state index in [1.165, 1.54) is 0 Å². The second kappa shape index (κ2) is 15.9. The van der Waals surface area contributed by atoms with E-state index in [1.807, 2.05) is 6.08 Å². The molecule has 0 aliphatic carbocycles. The maximum Gasteiger partial charge on any atom is 2.00 e. The van der Waals surface area contributed by atoms with Gasteiger partial charge in [-0.3, -0.25) is 0 Å². The Kier molecular flexibility index (Phi) is 35.6.